The van der Waals surface area contributed by atoms with Crippen LogP contribution in [0.15, 0.2) is 72.8 Å². The summed E-state index contributed by atoms with van der Waals surface area (Å²) in [6.07, 6.45) is 2.89. The number of nitrogens with one attached hydrogen (secondary N) is 1. The van der Waals surface area contributed by atoms with Crippen molar-refractivity contribution in [1.82, 2.24) is 5.32 Å². The Kier molecular flexibility index (Phi) is 7.25. The number of carbonyl (C=O) groups excluding carboxylic acids is 2. The third-order valence-electron chi connectivity index (χ3n) is 3.48. The number of rotatable bonds is 7. The highest BCUT2D eigenvalue weighted by atomic mass is 16.5. The molecule has 0 radical (unpaired) electrons. The summed E-state index contributed by atoms with van der Waals surface area (Å²) in [7, 11) is 1.31. The van der Waals surface area contributed by atoms with Gasteiger partial charge in [-0.25, -0.2) is 9.59 Å². The molecule has 2 aromatic carbocycles. The monoisotopic (exact) mass is 339 g/mol. The number of alkyl carbamates (subject to hydrolysis) is 1. The number of carbonyl (C=O) groups is 2. The zero-order valence-electron chi connectivity index (χ0n) is 14.1. The Morgan fingerprint density at radius 1 is 1.00 bits per heavy atom. The molecule has 0 heterocycles. The molecule has 0 bridgehead atoms. The highest BCUT2D eigenvalue weighted by Gasteiger charge is 2.12. The lowest BCUT2D eigenvalue weighted by atomic mass is 10.1. The van der Waals surface area contributed by atoms with Gasteiger partial charge in [0.25, 0.3) is 0 Å². The molecule has 5 heteroatoms. The maximum atomic E-state index is 12.0. The number of esters is 1. The molecule has 0 saturated carbocycles. The topological polar surface area (TPSA) is 64.6 Å². The molecule has 0 aliphatic heterocycles. The number of amides is 1. The molecular weight excluding hydrogens is 318 g/mol. The standard InChI is InChI=1S/C20H21NO4/c1-24-19(22)13-12-18(14-16-8-4-2-5-9-16)21-20(23)25-15-17-10-6-3-7-11-17/h2-13,18H,14-15H2,1H3,(H,21,23)/b13-12+. The Bertz CT molecular complexity index is 698. The minimum absolute atomic E-state index is 0.186. The van der Waals surface area contributed by atoms with E-state index in [-0.39, 0.29) is 12.6 Å². The van der Waals surface area contributed by atoms with Crippen LogP contribution < -0.4 is 5.32 Å². The first kappa shape index (κ1) is 18.3. The van der Waals surface area contributed by atoms with Crippen LogP contribution in [-0.2, 0) is 27.3 Å². The normalized spacial score (nSPS) is 11.7. The van der Waals surface area contributed by atoms with Crippen LogP contribution in [0.4, 0.5) is 4.79 Å². The number of methoxy groups -OCH3 is 1. The summed E-state index contributed by atoms with van der Waals surface area (Å²) in [4.78, 5) is 23.4. The highest BCUT2D eigenvalue weighted by molar-refractivity contribution is 5.82. The van der Waals surface area contributed by atoms with E-state index in [1.807, 2.05) is 60.7 Å². The van der Waals surface area contributed by atoms with Crippen molar-refractivity contribution < 1.29 is 19.1 Å². The highest BCUT2D eigenvalue weighted by Crippen LogP contribution is 2.06. The molecule has 0 aliphatic carbocycles. The molecule has 130 valence electrons. The predicted octanol–water partition coefficient (Wildman–Crippen LogP) is 3.25. The molecule has 2 aromatic rings. The molecule has 0 spiro atoms. The molecule has 25 heavy (non-hydrogen) atoms. The van der Waals surface area contributed by atoms with Gasteiger partial charge in [-0.15, -0.1) is 0 Å². The fraction of sp³-hybridized carbons (Fsp3) is 0.200. The fourth-order valence-electron chi connectivity index (χ4n) is 2.21. The van der Waals surface area contributed by atoms with Crippen molar-refractivity contribution in [2.75, 3.05) is 7.11 Å². The first-order valence-electron chi connectivity index (χ1n) is 7.94. The van der Waals surface area contributed by atoms with Gasteiger partial charge in [0.2, 0.25) is 0 Å². The average molecular weight is 339 g/mol. The van der Waals surface area contributed by atoms with E-state index in [2.05, 4.69) is 10.1 Å². The van der Waals surface area contributed by atoms with E-state index in [9.17, 15) is 9.59 Å². The molecule has 0 aliphatic rings. The Hall–Kier alpha value is -3.08. The molecule has 5 nitrogen and oxygen atoms in total. The number of benzene rings is 2. The summed E-state index contributed by atoms with van der Waals surface area (Å²) >= 11 is 0. The molecule has 2 rings (SSSR count). The third-order valence-corrected chi connectivity index (χ3v) is 3.48. The fourth-order valence-corrected chi connectivity index (χ4v) is 2.21. The summed E-state index contributed by atoms with van der Waals surface area (Å²) in [5.41, 5.74) is 1.94. The van der Waals surface area contributed by atoms with E-state index in [1.165, 1.54) is 13.2 Å². The number of hydrogen-bond donors (Lipinski definition) is 1. The lowest BCUT2D eigenvalue weighted by Gasteiger charge is -2.15. The maximum Gasteiger partial charge on any atom is 0.407 e. The van der Waals surface area contributed by atoms with Crippen LogP contribution in [0.1, 0.15) is 11.1 Å². The van der Waals surface area contributed by atoms with Gasteiger partial charge in [-0.05, 0) is 17.5 Å². The minimum atomic E-state index is -0.542. The quantitative estimate of drug-likeness (QED) is 0.621. The zero-order chi connectivity index (χ0) is 17.9. The van der Waals surface area contributed by atoms with Gasteiger partial charge >= 0.3 is 12.1 Å². The molecule has 0 fully saturated rings. The first-order chi connectivity index (χ1) is 12.2. The summed E-state index contributed by atoms with van der Waals surface area (Å²) in [5.74, 6) is -0.475. The first-order valence-corrected chi connectivity index (χ1v) is 7.94. The third kappa shape index (κ3) is 6.91. The van der Waals surface area contributed by atoms with E-state index in [1.54, 1.807) is 6.08 Å². The van der Waals surface area contributed by atoms with E-state index in [0.717, 1.165) is 11.1 Å². The summed E-state index contributed by atoms with van der Waals surface area (Å²) < 4.78 is 9.82. The van der Waals surface area contributed by atoms with E-state index >= 15 is 0 Å². The summed E-state index contributed by atoms with van der Waals surface area (Å²) in [6, 6.07) is 18.7. The Labute approximate surface area is 147 Å². The molecule has 1 N–H and O–H groups in total. The van der Waals surface area contributed by atoms with Crippen LogP contribution in [0.3, 0.4) is 0 Å². The molecule has 0 aromatic heterocycles. The van der Waals surface area contributed by atoms with Gasteiger partial charge in [0.15, 0.2) is 0 Å². The minimum Gasteiger partial charge on any atom is -0.466 e. The van der Waals surface area contributed by atoms with Crippen LogP contribution in [0.2, 0.25) is 0 Å². The van der Waals surface area contributed by atoms with Crippen LogP contribution in [0.25, 0.3) is 0 Å². The molecular formula is C20H21NO4. The Morgan fingerprint density at radius 2 is 1.60 bits per heavy atom. The van der Waals surface area contributed by atoms with E-state index in [4.69, 9.17) is 4.74 Å². The number of hydrogen-bond acceptors (Lipinski definition) is 4. The molecule has 0 saturated heterocycles. The number of ether oxygens (including phenoxy) is 2. The van der Waals surface area contributed by atoms with Gasteiger partial charge in [0.1, 0.15) is 6.61 Å². The Morgan fingerprint density at radius 3 is 2.20 bits per heavy atom. The van der Waals surface area contributed by atoms with Crippen molar-refractivity contribution >= 4 is 12.1 Å². The largest absolute Gasteiger partial charge is 0.466 e. The second kappa shape index (κ2) is 9.93. The van der Waals surface area contributed by atoms with Crippen LogP contribution >= 0.6 is 0 Å². The van der Waals surface area contributed by atoms with Crippen LogP contribution in [0.5, 0.6) is 0 Å². The van der Waals surface area contributed by atoms with Crippen molar-refractivity contribution in [1.29, 1.82) is 0 Å². The van der Waals surface area contributed by atoms with Crippen molar-refractivity contribution in [3.63, 3.8) is 0 Å². The van der Waals surface area contributed by atoms with Crippen LogP contribution in [-0.4, -0.2) is 25.2 Å². The smallest absolute Gasteiger partial charge is 0.407 e. The van der Waals surface area contributed by atoms with Crippen LogP contribution in [0, 0.1) is 0 Å². The van der Waals surface area contributed by atoms with Gasteiger partial charge in [-0.3, -0.25) is 0 Å². The van der Waals surface area contributed by atoms with Gasteiger partial charge in [-0.1, -0.05) is 66.7 Å². The lowest BCUT2D eigenvalue weighted by molar-refractivity contribution is -0.134. The van der Waals surface area contributed by atoms with E-state index < -0.39 is 12.1 Å². The lowest BCUT2D eigenvalue weighted by Crippen LogP contribution is -2.35. The van der Waals surface area contributed by atoms with Crippen molar-refractivity contribution in [3.05, 3.63) is 83.9 Å². The maximum absolute atomic E-state index is 12.0. The van der Waals surface area contributed by atoms with Gasteiger partial charge in [0, 0.05) is 6.08 Å². The summed E-state index contributed by atoms with van der Waals surface area (Å²) in [6.45, 7) is 0.186. The Balaban J connectivity index is 1.95. The van der Waals surface area contributed by atoms with Gasteiger partial charge in [-0.2, -0.15) is 0 Å². The average Bonchev–Trinajstić information content (AvgIpc) is 2.66. The van der Waals surface area contributed by atoms with Crippen molar-refractivity contribution in [2.45, 2.75) is 19.1 Å². The predicted molar refractivity (Wildman–Crippen MR) is 94.9 cm³/mol. The molecule has 1 unspecified atom stereocenters. The second-order valence-corrected chi connectivity index (χ2v) is 5.38. The van der Waals surface area contributed by atoms with Crippen molar-refractivity contribution in [2.24, 2.45) is 0 Å². The zero-order valence-corrected chi connectivity index (χ0v) is 14.1. The van der Waals surface area contributed by atoms with Crippen molar-refractivity contribution in [3.8, 4) is 0 Å². The second-order valence-electron chi connectivity index (χ2n) is 5.38. The van der Waals surface area contributed by atoms with Gasteiger partial charge in [0.05, 0.1) is 13.2 Å². The molecule has 1 atom stereocenters. The van der Waals surface area contributed by atoms with E-state index in [0.29, 0.717) is 6.42 Å². The summed E-state index contributed by atoms with van der Waals surface area (Å²) in [5, 5.41) is 2.76. The van der Waals surface area contributed by atoms with Gasteiger partial charge < -0.3 is 14.8 Å². The molecule has 1 amide bonds. The SMILES string of the molecule is COC(=O)/C=C/C(Cc1ccccc1)NC(=O)OCc1ccccc1.